The molecule has 0 atom stereocenters. The van der Waals surface area contributed by atoms with Gasteiger partial charge in [0.1, 0.15) is 0 Å². The summed E-state index contributed by atoms with van der Waals surface area (Å²) in [6.07, 6.45) is 2.67. The molecule has 3 heteroatoms. The maximum absolute atomic E-state index is 3.56. The third-order valence-corrected chi connectivity index (χ3v) is 4.50. The van der Waals surface area contributed by atoms with E-state index in [4.69, 9.17) is 0 Å². The molecule has 0 aliphatic carbocycles. The summed E-state index contributed by atoms with van der Waals surface area (Å²) in [4.78, 5) is 4.74. The van der Waals surface area contributed by atoms with Crippen molar-refractivity contribution in [3.63, 3.8) is 0 Å². The first kappa shape index (κ1) is 15.3. The molecular formula is C17H29N3. The fourth-order valence-corrected chi connectivity index (χ4v) is 2.47. The lowest BCUT2D eigenvalue weighted by molar-refractivity contribution is 0.190. The highest BCUT2D eigenvalue weighted by molar-refractivity contribution is 5.48. The Morgan fingerprint density at radius 1 is 1.10 bits per heavy atom. The number of benzene rings is 1. The van der Waals surface area contributed by atoms with Crippen molar-refractivity contribution in [1.82, 2.24) is 10.2 Å². The Morgan fingerprint density at radius 2 is 1.70 bits per heavy atom. The molecule has 0 spiro atoms. The molecule has 0 unspecified atom stereocenters. The summed E-state index contributed by atoms with van der Waals surface area (Å²) >= 11 is 0. The van der Waals surface area contributed by atoms with Crippen LogP contribution in [0.5, 0.6) is 0 Å². The molecule has 1 fully saturated rings. The predicted octanol–water partition coefficient (Wildman–Crippen LogP) is 2.72. The van der Waals surface area contributed by atoms with Crippen LogP contribution in [-0.4, -0.2) is 44.2 Å². The van der Waals surface area contributed by atoms with Crippen molar-refractivity contribution in [2.45, 2.75) is 38.8 Å². The summed E-state index contributed by atoms with van der Waals surface area (Å²) in [6, 6.07) is 9.03. The maximum Gasteiger partial charge on any atom is 0.0366 e. The molecule has 0 bridgehead atoms. The number of hydrogen-bond acceptors (Lipinski definition) is 3. The molecule has 3 nitrogen and oxygen atoms in total. The molecule has 1 aliphatic heterocycles. The average molecular weight is 275 g/mol. The molecule has 112 valence electrons. The lowest BCUT2D eigenvalue weighted by Crippen LogP contribution is -2.46. The van der Waals surface area contributed by atoms with Crippen LogP contribution in [0.1, 0.15) is 32.3 Å². The number of nitrogens with one attached hydrogen (secondary N) is 1. The van der Waals surface area contributed by atoms with E-state index >= 15 is 0 Å². The topological polar surface area (TPSA) is 18.5 Å². The molecule has 0 amide bonds. The second-order valence-electron chi connectivity index (χ2n) is 6.67. The normalized spacial score (nSPS) is 16.1. The van der Waals surface area contributed by atoms with Crippen LogP contribution < -0.4 is 10.2 Å². The van der Waals surface area contributed by atoms with E-state index in [1.807, 2.05) is 0 Å². The van der Waals surface area contributed by atoms with Gasteiger partial charge >= 0.3 is 0 Å². The molecule has 0 saturated carbocycles. The Bertz CT molecular complexity index is 403. The monoisotopic (exact) mass is 275 g/mol. The summed E-state index contributed by atoms with van der Waals surface area (Å²) in [5, 5.41) is 3.56. The van der Waals surface area contributed by atoms with Gasteiger partial charge in [0.15, 0.2) is 0 Å². The van der Waals surface area contributed by atoms with Gasteiger partial charge < -0.3 is 15.1 Å². The van der Waals surface area contributed by atoms with Crippen molar-refractivity contribution in [1.29, 1.82) is 0 Å². The van der Waals surface area contributed by atoms with E-state index in [9.17, 15) is 0 Å². The van der Waals surface area contributed by atoms with Crippen LogP contribution in [-0.2, 0) is 6.54 Å². The summed E-state index contributed by atoms with van der Waals surface area (Å²) < 4.78 is 0. The van der Waals surface area contributed by atoms with E-state index in [1.54, 1.807) is 0 Å². The first-order valence-electron chi connectivity index (χ1n) is 7.71. The summed E-state index contributed by atoms with van der Waals surface area (Å²) in [5.74, 6) is 0. The molecular weight excluding hydrogens is 246 g/mol. The average Bonchev–Trinajstić information content (AvgIpc) is 2.93. The molecule has 20 heavy (non-hydrogen) atoms. The lowest BCUT2D eigenvalue weighted by atomic mass is 10.0. The highest BCUT2D eigenvalue weighted by Crippen LogP contribution is 2.20. The number of anilines is 1. The molecule has 1 N–H and O–H groups in total. The van der Waals surface area contributed by atoms with Crippen LogP contribution in [0.2, 0.25) is 0 Å². The molecule has 0 aromatic heterocycles. The van der Waals surface area contributed by atoms with Gasteiger partial charge in [0.25, 0.3) is 0 Å². The fourth-order valence-electron chi connectivity index (χ4n) is 2.47. The first-order valence-corrected chi connectivity index (χ1v) is 7.71. The van der Waals surface area contributed by atoms with Gasteiger partial charge in [-0.15, -0.1) is 0 Å². The van der Waals surface area contributed by atoms with Crippen LogP contribution in [0, 0.1) is 0 Å². The molecule has 1 aliphatic rings. The molecule has 1 aromatic carbocycles. The summed E-state index contributed by atoms with van der Waals surface area (Å²) in [7, 11) is 4.26. The largest absolute Gasteiger partial charge is 0.372 e. The molecule has 1 saturated heterocycles. The van der Waals surface area contributed by atoms with Gasteiger partial charge in [-0.3, -0.25) is 0 Å². The Balaban J connectivity index is 1.82. The van der Waals surface area contributed by atoms with E-state index in [0.29, 0.717) is 0 Å². The van der Waals surface area contributed by atoms with E-state index in [0.717, 1.165) is 13.1 Å². The SMILES string of the molecule is CN(C)C(C)(C)CNCc1ccc(N2CCCC2)cc1. The van der Waals surface area contributed by atoms with Gasteiger partial charge in [0.05, 0.1) is 0 Å². The van der Waals surface area contributed by atoms with E-state index in [1.165, 1.54) is 37.2 Å². The van der Waals surface area contributed by atoms with E-state index in [2.05, 4.69) is 67.3 Å². The van der Waals surface area contributed by atoms with Crippen LogP contribution in [0.3, 0.4) is 0 Å². The zero-order chi connectivity index (χ0) is 14.6. The van der Waals surface area contributed by atoms with E-state index < -0.39 is 0 Å². The molecule has 1 heterocycles. The zero-order valence-corrected chi connectivity index (χ0v) is 13.4. The van der Waals surface area contributed by atoms with Crippen molar-refractivity contribution in [2.75, 3.05) is 38.6 Å². The number of hydrogen-bond donors (Lipinski definition) is 1. The Kier molecular flexibility index (Phi) is 5.06. The Morgan fingerprint density at radius 3 is 2.25 bits per heavy atom. The minimum absolute atomic E-state index is 0.190. The van der Waals surface area contributed by atoms with Crippen LogP contribution in [0.15, 0.2) is 24.3 Å². The van der Waals surface area contributed by atoms with E-state index in [-0.39, 0.29) is 5.54 Å². The predicted molar refractivity (Wildman–Crippen MR) is 87.4 cm³/mol. The number of nitrogens with zero attached hydrogens (tertiary/aromatic N) is 2. The van der Waals surface area contributed by atoms with Gasteiger partial charge in [-0.05, 0) is 58.5 Å². The van der Waals surface area contributed by atoms with Gasteiger partial charge in [-0.2, -0.15) is 0 Å². The van der Waals surface area contributed by atoms with Gasteiger partial charge in [-0.25, -0.2) is 0 Å². The minimum Gasteiger partial charge on any atom is -0.372 e. The van der Waals surface area contributed by atoms with Crippen molar-refractivity contribution < 1.29 is 0 Å². The smallest absolute Gasteiger partial charge is 0.0366 e. The van der Waals surface area contributed by atoms with Gasteiger partial charge in [0, 0.05) is 37.4 Å². The van der Waals surface area contributed by atoms with Crippen LogP contribution in [0.25, 0.3) is 0 Å². The van der Waals surface area contributed by atoms with Crippen molar-refractivity contribution in [3.05, 3.63) is 29.8 Å². The van der Waals surface area contributed by atoms with Crippen LogP contribution >= 0.6 is 0 Å². The Labute approximate surface area is 124 Å². The third kappa shape index (κ3) is 3.97. The van der Waals surface area contributed by atoms with Gasteiger partial charge in [0.2, 0.25) is 0 Å². The van der Waals surface area contributed by atoms with Crippen molar-refractivity contribution in [3.8, 4) is 0 Å². The fraction of sp³-hybridized carbons (Fsp3) is 0.647. The number of rotatable bonds is 6. The third-order valence-electron chi connectivity index (χ3n) is 4.50. The Hall–Kier alpha value is -1.06. The highest BCUT2D eigenvalue weighted by atomic mass is 15.2. The summed E-state index contributed by atoms with van der Waals surface area (Å²) in [6.45, 7) is 8.89. The lowest BCUT2D eigenvalue weighted by Gasteiger charge is -2.32. The van der Waals surface area contributed by atoms with Crippen molar-refractivity contribution >= 4 is 5.69 Å². The second kappa shape index (κ2) is 6.59. The molecule has 0 radical (unpaired) electrons. The quantitative estimate of drug-likeness (QED) is 0.861. The first-order chi connectivity index (χ1) is 9.49. The highest BCUT2D eigenvalue weighted by Gasteiger charge is 2.19. The second-order valence-corrected chi connectivity index (χ2v) is 6.67. The standard InChI is InChI=1S/C17H29N3/c1-17(2,19(3)4)14-18-13-15-7-9-16(10-8-15)20-11-5-6-12-20/h7-10,18H,5-6,11-14H2,1-4H3. The molecule has 1 aromatic rings. The minimum atomic E-state index is 0.190. The molecule has 2 rings (SSSR count). The maximum atomic E-state index is 3.56. The van der Waals surface area contributed by atoms with Crippen molar-refractivity contribution in [2.24, 2.45) is 0 Å². The number of likely N-dealkylation sites (N-methyl/N-ethyl adjacent to an activating group) is 1. The zero-order valence-electron chi connectivity index (χ0n) is 13.4. The van der Waals surface area contributed by atoms with Crippen LogP contribution in [0.4, 0.5) is 5.69 Å². The summed E-state index contributed by atoms with van der Waals surface area (Å²) in [5.41, 5.74) is 2.93. The van der Waals surface area contributed by atoms with Gasteiger partial charge in [-0.1, -0.05) is 12.1 Å².